The number of ether oxygens (including phenoxy) is 1. The summed E-state index contributed by atoms with van der Waals surface area (Å²) >= 11 is 3.16. The van der Waals surface area contributed by atoms with Crippen LogP contribution >= 0.6 is 15.9 Å². The van der Waals surface area contributed by atoms with Crippen molar-refractivity contribution in [3.63, 3.8) is 0 Å². The Morgan fingerprint density at radius 3 is 2.68 bits per heavy atom. The van der Waals surface area contributed by atoms with E-state index in [0.717, 1.165) is 5.56 Å². The lowest BCUT2D eigenvalue weighted by atomic mass is 9.97. The molecule has 122 valence electrons. The van der Waals surface area contributed by atoms with E-state index in [9.17, 15) is 20.0 Å². The lowest BCUT2D eigenvalue weighted by Gasteiger charge is -2.16. The maximum Gasteiger partial charge on any atom is 0.287 e. The molecule has 0 aliphatic heterocycles. The summed E-state index contributed by atoms with van der Waals surface area (Å²) in [7, 11) is 0. The fourth-order valence-electron chi connectivity index (χ4n) is 2.08. The summed E-state index contributed by atoms with van der Waals surface area (Å²) in [5, 5.41) is 20.5. The van der Waals surface area contributed by atoms with Gasteiger partial charge in [-0.15, -0.1) is 0 Å². The van der Waals surface area contributed by atoms with E-state index in [0.29, 0.717) is 29.7 Å². The predicted molar refractivity (Wildman–Crippen MR) is 86.1 cm³/mol. The fraction of sp³-hybridized carbons (Fsp3) is 0.533. The fourth-order valence-corrected chi connectivity index (χ4v) is 2.69. The number of nitrogens with zero attached hydrogens (tertiary/aromatic N) is 1. The number of aryl methyl sites for hydroxylation is 1. The van der Waals surface area contributed by atoms with Crippen molar-refractivity contribution in [3.05, 3.63) is 32.3 Å². The minimum Gasteiger partial charge on any atom is -0.493 e. The summed E-state index contributed by atoms with van der Waals surface area (Å²) in [6.07, 6.45) is 0.336. The first-order valence-electron chi connectivity index (χ1n) is 7.00. The average molecular weight is 374 g/mol. The molecule has 0 aliphatic rings. The Balaban J connectivity index is 2.57. The lowest BCUT2D eigenvalue weighted by molar-refractivity contribution is -0.385. The number of benzene rings is 1. The van der Waals surface area contributed by atoms with Crippen molar-refractivity contribution in [2.24, 2.45) is 5.92 Å². The van der Waals surface area contributed by atoms with E-state index in [-0.39, 0.29) is 17.4 Å². The smallest absolute Gasteiger partial charge is 0.287 e. The van der Waals surface area contributed by atoms with Crippen LogP contribution in [-0.4, -0.2) is 28.5 Å². The third kappa shape index (κ3) is 5.06. The second-order valence-electron chi connectivity index (χ2n) is 5.35. The number of hydrogen-bond donors (Lipinski definition) is 1. The molecular weight excluding hydrogens is 354 g/mol. The third-order valence-electron chi connectivity index (χ3n) is 3.46. The van der Waals surface area contributed by atoms with Crippen LogP contribution in [0.1, 0.15) is 32.3 Å². The molecule has 0 saturated heterocycles. The molecule has 0 aliphatic carbocycles. The average Bonchev–Trinajstić information content (AvgIpc) is 2.43. The SMILES string of the molecule is CC(=O)C(O)C(C)CCCOc1cc([N+](=O)[O-])c(Br)cc1C. The molecule has 1 N–H and O–H groups in total. The van der Waals surface area contributed by atoms with Crippen molar-refractivity contribution < 1.29 is 19.6 Å². The molecular formula is C15H20BrNO5. The number of rotatable bonds is 8. The second kappa shape index (κ2) is 8.24. The zero-order valence-corrected chi connectivity index (χ0v) is 14.4. The Bertz CT molecular complexity index is 561. The number of carbonyl (C=O) groups is 1. The topological polar surface area (TPSA) is 89.7 Å². The molecule has 0 amide bonds. The Kier molecular flexibility index (Phi) is 6.96. The van der Waals surface area contributed by atoms with Crippen molar-refractivity contribution in [3.8, 4) is 5.75 Å². The van der Waals surface area contributed by atoms with E-state index >= 15 is 0 Å². The van der Waals surface area contributed by atoms with Gasteiger partial charge in [-0.1, -0.05) is 6.92 Å². The Hall–Kier alpha value is -1.47. The van der Waals surface area contributed by atoms with E-state index < -0.39 is 11.0 Å². The lowest BCUT2D eigenvalue weighted by Crippen LogP contribution is -2.25. The largest absolute Gasteiger partial charge is 0.493 e. The molecule has 0 heterocycles. The van der Waals surface area contributed by atoms with Gasteiger partial charge in [0.25, 0.3) is 5.69 Å². The molecule has 0 aromatic heterocycles. The molecule has 0 saturated carbocycles. The normalized spacial score (nSPS) is 13.5. The van der Waals surface area contributed by atoms with Gasteiger partial charge in [-0.25, -0.2) is 0 Å². The van der Waals surface area contributed by atoms with Gasteiger partial charge >= 0.3 is 0 Å². The number of nitro benzene ring substituents is 1. The first-order valence-corrected chi connectivity index (χ1v) is 7.79. The van der Waals surface area contributed by atoms with E-state index in [4.69, 9.17) is 4.74 Å². The van der Waals surface area contributed by atoms with Gasteiger partial charge in [-0.05, 0) is 60.2 Å². The highest BCUT2D eigenvalue weighted by Gasteiger charge is 2.19. The standard InChI is InChI=1S/C15H20BrNO5/c1-9(15(19)11(3)18)5-4-6-22-14-8-13(17(20)21)12(16)7-10(14)2/h7-9,15,19H,4-6H2,1-3H3. The molecule has 0 spiro atoms. The van der Waals surface area contributed by atoms with E-state index in [2.05, 4.69) is 15.9 Å². The third-order valence-corrected chi connectivity index (χ3v) is 4.09. The Morgan fingerprint density at radius 1 is 1.50 bits per heavy atom. The second-order valence-corrected chi connectivity index (χ2v) is 6.20. The number of halogens is 1. The highest BCUT2D eigenvalue weighted by Crippen LogP contribution is 2.32. The van der Waals surface area contributed by atoms with Gasteiger partial charge in [0.05, 0.1) is 22.1 Å². The molecule has 0 bridgehead atoms. The van der Waals surface area contributed by atoms with Crippen LogP contribution in [0.2, 0.25) is 0 Å². The van der Waals surface area contributed by atoms with Crippen LogP contribution in [0.4, 0.5) is 5.69 Å². The Morgan fingerprint density at radius 2 is 2.14 bits per heavy atom. The molecule has 22 heavy (non-hydrogen) atoms. The molecule has 2 unspecified atom stereocenters. The van der Waals surface area contributed by atoms with Crippen LogP contribution < -0.4 is 4.74 Å². The zero-order chi connectivity index (χ0) is 16.9. The highest BCUT2D eigenvalue weighted by atomic mass is 79.9. The minimum absolute atomic E-state index is 0.0408. The molecule has 1 rings (SSSR count). The van der Waals surface area contributed by atoms with Gasteiger partial charge in [-0.3, -0.25) is 14.9 Å². The number of ketones is 1. The van der Waals surface area contributed by atoms with Crippen LogP contribution in [0.5, 0.6) is 5.75 Å². The van der Waals surface area contributed by atoms with Gasteiger partial charge in [0.2, 0.25) is 0 Å². The monoisotopic (exact) mass is 373 g/mol. The number of hydrogen-bond acceptors (Lipinski definition) is 5. The molecule has 0 radical (unpaired) electrons. The minimum atomic E-state index is -0.949. The maximum atomic E-state index is 11.1. The number of aliphatic hydroxyl groups excluding tert-OH is 1. The summed E-state index contributed by atoms with van der Waals surface area (Å²) in [5.74, 6) is 0.0870. The molecule has 6 nitrogen and oxygen atoms in total. The summed E-state index contributed by atoms with van der Waals surface area (Å²) in [6, 6.07) is 3.04. The quantitative estimate of drug-likeness (QED) is 0.428. The van der Waals surface area contributed by atoms with Crippen molar-refractivity contribution in [2.75, 3.05) is 6.61 Å². The van der Waals surface area contributed by atoms with Crippen LogP contribution in [-0.2, 0) is 4.79 Å². The van der Waals surface area contributed by atoms with E-state index in [1.807, 2.05) is 13.8 Å². The van der Waals surface area contributed by atoms with Gasteiger partial charge in [0, 0.05) is 0 Å². The van der Waals surface area contributed by atoms with E-state index in [1.165, 1.54) is 13.0 Å². The van der Waals surface area contributed by atoms with Crippen LogP contribution in [0, 0.1) is 23.0 Å². The first-order chi connectivity index (χ1) is 10.2. The number of Topliss-reactive ketones (excluding diaryl/α,β-unsaturated/α-hetero) is 1. The van der Waals surface area contributed by atoms with Gasteiger partial charge in [-0.2, -0.15) is 0 Å². The maximum absolute atomic E-state index is 11.1. The first kappa shape index (κ1) is 18.6. The van der Waals surface area contributed by atoms with E-state index in [1.54, 1.807) is 6.07 Å². The molecule has 0 fully saturated rings. The van der Waals surface area contributed by atoms with Gasteiger partial charge < -0.3 is 9.84 Å². The zero-order valence-electron chi connectivity index (χ0n) is 12.8. The summed E-state index contributed by atoms with van der Waals surface area (Å²) in [6.45, 7) is 5.35. The molecule has 7 heteroatoms. The van der Waals surface area contributed by atoms with Crippen LogP contribution in [0.3, 0.4) is 0 Å². The number of nitro groups is 1. The number of carbonyl (C=O) groups excluding carboxylic acids is 1. The summed E-state index contributed by atoms with van der Waals surface area (Å²) in [4.78, 5) is 21.5. The predicted octanol–water partition coefficient (Wildman–Crippen LogP) is 3.41. The van der Waals surface area contributed by atoms with Gasteiger partial charge in [0.15, 0.2) is 5.78 Å². The summed E-state index contributed by atoms with van der Waals surface area (Å²) < 4.78 is 6.00. The van der Waals surface area contributed by atoms with Crippen molar-refractivity contribution in [2.45, 2.75) is 39.7 Å². The summed E-state index contributed by atoms with van der Waals surface area (Å²) in [5.41, 5.74) is 0.760. The molecule has 1 aromatic rings. The highest BCUT2D eigenvalue weighted by molar-refractivity contribution is 9.10. The van der Waals surface area contributed by atoms with Crippen molar-refractivity contribution in [1.82, 2.24) is 0 Å². The molecule has 1 aromatic carbocycles. The molecule has 2 atom stereocenters. The number of aliphatic hydroxyl groups is 1. The van der Waals surface area contributed by atoms with Gasteiger partial charge in [0.1, 0.15) is 11.9 Å². The Labute approximate surface area is 137 Å². The van der Waals surface area contributed by atoms with Crippen LogP contribution in [0.15, 0.2) is 16.6 Å². The van der Waals surface area contributed by atoms with Crippen molar-refractivity contribution >= 4 is 27.4 Å². The van der Waals surface area contributed by atoms with Crippen molar-refractivity contribution in [1.29, 1.82) is 0 Å². The van der Waals surface area contributed by atoms with Crippen LogP contribution in [0.25, 0.3) is 0 Å².